The van der Waals surface area contributed by atoms with E-state index in [2.05, 4.69) is 10.6 Å². The lowest BCUT2D eigenvalue weighted by atomic mass is 9.70. The first-order chi connectivity index (χ1) is 14.5. The molecule has 3 amide bonds. The number of rotatable bonds is 8. The molecule has 3 N–H and O–H groups in total. The fourth-order valence-electron chi connectivity index (χ4n) is 6.26. The maximum atomic E-state index is 13.5. The van der Waals surface area contributed by atoms with Gasteiger partial charge in [-0.25, -0.2) is 0 Å². The fourth-order valence-corrected chi connectivity index (χ4v) is 6.26. The van der Waals surface area contributed by atoms with E-state index in [-0.39, 0.29) is 36.5 Å². The number of likely N-dealkylation sites (tertiary alicyclic amines) is 1. The van der Waals surface area contributed by atoms with Gasteiger partial charge in [-0.1, -0.05) is 19.3 Å². The van der Waals surface area contributed by atoms with Crippen molar-refractivity contribution in [2.75, 3.05) is 20.2 Å². The summed E-state index contributed by atoms with van der Waals surface area (Å²) < 4.78 is 6.35. The van der Waals surface area contributed by atoms with Crippen molar-refractivity contribution in [2.45, 2.75) is 88.0 Å². The summed E-state index contributed by atoms with van der Waals surface area (Å²) in [6.45, 7) is 0.573. The Labute approximate surface area is 178 Å². The van der Waals surface area contributed by atoms with Crippen LogP contribution < -0.4 is 10.6 Å². The van der Waals surface area contributed by atoms with Crippen molar-refractivity contribution in [3.8, 4) is 0 Å². The monoisotopic (exact) mass is 421 g/mol. The number of fused-ring (bicyclic) bond motifs is 1. The first-order valence-electron chi connectivity index (χ1n) is 11.6. The van der Waals surface area contributed by atoms with E-state index in [0.717, 1.165) is 38.5 Å². The van der Waals surface area contributed by atoms with Gasteiger partial charge in [-0.15, -0.1) is 0 Å². The van der Waals surface area contributed by atoms with Crippen LogP contribution in [0.1, 0.15) is 64.2 Å². The van der Waals surface area contributed by atoms with Crippen LogP contribution in [0.5, 0.6) is 0 Å². The highest BCUT2D eigenvalue weighted by molar-refractivity contribution is 5.98. The van der Waals surface area contributed by atoms with Crippen molar-refractivity contribution in [1.29, 1.82) is 0 Å². The van der Waals surface area contributed by atoms with Gasteiger partial charge in [0.1, 0.15) is 11.6 Å². The minimum absolute atomic E-state index is 0.121. The standard InChI is InChI=1S/C22H35N3O5/c1-23-19(27)16-15-10-11-22(30-15)17(16)21(29)25(12-6-3-7-13-26)18(22)20(28)24-14-8-4-2-5-9-14/h14-18,26H,2-13H2,1H3,(H,23,27)(H,24,28)/t15-,16+,17-,18?,22?/m0/s1. The highest BCUT2D eigenvalue weighted by atomic mass is 16.5. The third kappa shape index (κ3) is 3.51. The molecule has 5 atom stereocenters. The van der Waals surface area contributed by atoms with E-state index in [1.165, 1.54) is 6.42 Å². The number of hydrogen-bond donors (Lipinski definition) is 3. The second kappa shape index (κ2) is 8.83. The van der Waals surface area contributed by atoms with Crippen LogP contribution in [0.15, 0.2) is 0 Å². The smallest absolute Gasteiger partial charge is 0.246 e. The summed E-state index contributed by atoms with van der Waals surface area (Å²) >= 11 is 0. The number of ether oxygens (including phenoxy) is 1. The van der Waals surface area contributed by atoms with E-state index >= 15 is 0 Å². The molecule has 3 heterocycles. The van der Waals surface area contributed by atoms with E-state index in [1.807, 2.05) is 0 Å². The largest absolute Gasteiger partial charge is 0.396 e. The average molecular weight is 422 g/mol. The van der Waals surface area contributed by atoms with Gasteiger partial charge in [-0.2, -0.15) is 0 Å². The summed E-state index contributed by atoms with van der Waals surface area (Å²) in [5, 5.41) is 15.0. The van der Waals surface area contributed by atoms with Crippen molar-refractivity contribution in [1.82, 2.24) is 15.5 Å². The SMILES string of the molecule is CNC(=O)[C@@H]1[C@@H]2CCC3(O2)C(C(=O)NC2CCCCC2)N(CCCCCO)C(=O)[C@H]13. The molecular weight excluding hydrogens is 386 g/mol. The second-order valence-corrected chi connectivity index (χ2v) is 9.33. The third-order valence-corrected chi connectivity index (χ3v) is 7.61. The van der Waals surface area contributed by atoms with Gasteiger partial charge in [0.05, 0.1) is 17.9 Å². The molecule has 0 radical (unpaired) electrons. The molecule has 168 valence electrons. The quantitative estimate of drug-likeness (QED) is 0.501. The molecule has 8 heteroatoms. The van der Waals surface area contributed by atoms with Crippen LogP contribution in [0, 0.1) is 11.8 Å². The minimum Gasteiger partial charge on any atom is -0.396 e. The summed E-state index contributed by atoms with van der Waals surface area (Å²) in [7, 11) is 1.58. The van der Waals surface area contributed by atoms with Crippen molar-refractivity contribution >= 4 is 17.7 Å². The Morgan fingerprint density at radius 3 is 2.60 bits per heavy atom. The highest BCUT2D eigenvalue weighted by Gasteiger charge is 2.74. The third-order valence-electron chi connectivity index (χ3n) is 7.61. The molecule has 1 spiro atoms. The van der Waals surface area contributed by atoms with Gasteiger partial charge in [-0.3, -0.25) is 14.4 Å². The van der Waals surface area contributed by atoms with Crippen molar-refractivity contribution in [3.63, 3.8) is 0 Å². The van der Waals surface area contributed by atoms with E-state index in [4.69, 9.17) is 9.84 Å². The van der Waals surface area contributed by atoms with Gasteiger partial charge in [0.2, 0.25) is 17.7 Å². The first-order valence-corrected chi connectivity index (χ1v) is 11.6. The molecular formula is C22H35N3O5. The number of hydrogen-bond acceptors (Lipinski definition) is 5. The molecule has 4 rings (SSSR count). The number of aliphatic hydroxyl groups excluding tert-OH is 1. The Hall–Kier alpha value is -1.67. The van der Waals surface area contributed by atoms with Gasteiger partial charge in [0.15, 0.2) is 0 Å². The van der Waals surface area contributed by atoms with Gasteiger partial charge >= 0.3 is 0 Å². The molecule has 2 unspecified atom stereocenters. The fraction of sp³-hybridized carbons (Fsp3) is 0.864. The van der Waals surface area contributed by atoms with Crippen LogP contribution in [0.3, 0.4) is 0 Å². The van der Waals surface area contributed by atoms with Crippen molar-refractivity contribution in [2.24, 2.45) is 11.8 Å². The zero-order valence-corrected chi connectivity index (χ0v) is 17.9. The minimum atomic E-state index is -0.894. The van der Waals surface area contributed by atoms with E-state index in [9.17, 15) is 14.4 Å². The van der Waals surface area contributed by atoms with Crippen LogP contribution in [0.2, 0.25) is 0 Å². The van der Waals surface area contributed by atoms with E-state index in [0.29, 0.717) is 25.8 Å². The zero-order chi connectivity index (χ0) is 21.3. The average Bonchev–Trinajstić information content (AvgIpc) is 3.39. The van der Waals surface area contributed by atoms with E-state index in [1.54, 1.807) is 11.9 Å². The van der Waals surface area contributed by atoms with Gasteiger partial charge in [0.25, 0.3) is 0 Å². The molecule has 3 saturated heterocycles. The Morgan fingerprint density at radius 1 is 1.13 bits per heavy atom. The molecule has 0 aromatic rings. The summed E-state index contributed by atoms with van der Waals surface area (Å²) in [6.07, 6.45) is 8.62. The molecule has 0 aromatic carbocycles. The number of carbonyl (C=O) groups is 3. The Kier molecular flexibility index (Phi) is 6.34. The van der Waals surface area contributed by atoms with Crippen LogP contribution in [0.4, 0.5) is 0 Å². The lowest BCUT2D eigenvalue weighted by molar-refractivity contribution is -0.142. The number of nitrogens with zero attached hydrogens (tertiary/aromatic N) is 1. The molecule has 8 nitrogen and oxygen atoms in total. The predicted octanol–water partition coefficient (Wildman–Crippen LogP) is 0.719. The van der Waals surface area contributed by atoms with Crippen LogP contribution >= 0.6 is 0 Å². The van der Waals surface area contributed by atoms with Gasteiger partial charge < -0.3 is 25.4 Å². The molecule has 1 saturated carbocycles. The maximum absolute atomic E-state index is 13.5. The van der Waals surface area contributed by atoms with Crippen molar-refractivity contribution in [3.05, 3.63) is 0 Å². The Morgan fingerprint density at radius 2 is 1.90 bits per heavy atom. The molecule has 4 aliphatic rings. The summed E-state index contributed by atoms with van der Waals surface area (Å²) in [5.74, 6) is -1.54. The molecule has 1 aliphatic carbocycles. The molecule has 30 heavy (non-hydrogen) atoms. The maximum Gasteiger partial charge on any atom is 0.246 e. The first kappa shape index (κ1) is 21.6. The highest BCUT2D eigenvalue weighted by Crippen LogP contribution is 2.58. The molecule has 0 aromatic heterocycles. The molecule has 3 aliphatic heterocycles. The lowest BCUT2D eigenvalue weighted by Crippen LogP contribution is -2.57. The number of amides is 3. The number of aliphatic hydroxyl groups is 1. The summed E-state index contributed by atoms with van der Waals surface area (Å²) in [6, 6.07) is -0.521. The van der Waals surface area contributed by atoms with Gasteiger partial charge in [-0.05, 0) is 44.9 Å². The van der Waals surface area contributed by atoms with Crippen LogP contribution in [0.25, 0.3) is 0 Å². The van der Waals surface area contributed by atoms with Gasteiger partial charge in [0, 0.05) is 26.2 Å². The molecule has 4 fully saturated rings. The second-order valence-electron chi connectivity index (χ2n) is 9.33. The normalized spacial score (nSPS) is 35.5. The predicted molar refractivity (Wildman–Crippen MR) is 109 cm³/mol. The van der Waals surface area contributed by atoms with Crippen LogP contribution in [-0.4, -0.2) is 71.7 Å². The Bertz CT molecular complexity index is 680. The van der Waals surface area contributed by atoms with Crippen molar-refractivity contribution < 1.29 is 24.2 Å². The zero-order valence-electron chi connectivity index (χ0n) is 17.9. The number of carbonyl (C=O) groups excluding carboxylic acids is 3. The number of unbranched alkanes of at least 4 members (excludes halogenated alkanes) is 2. The van der Waals surface area contributed by atoms with Crippen LogP contribution in [-0.2, 0) is 19.1 Å². The summed E-state index contributed by atoms with van der Waals surface area (Å²) in [4.78, 5) is 41.3. The lowest BCUT2D eigenvalue weighted by Gasteiger charge is -2.35. The Balaban J connectivity index is 1.59. The van der Waals surface area contributed by atoms with E-state index < -0.39 is 23.5 Å². The summed E-state index contributed by atoms with van der Waals surface area (Å²) in [5.41, 5.74) is -0.894. The molecule has 2 bridgehead atoms. The number of nitrogens with one attached hydrogen (secondary N) is 2. The topological polar surface area (TPSA) is 108 Å².